The summed E-state index contributed by atoms with van der Waals surface area (Å²) in [4.78, 5) is 11.5. The lowest BCUT2D eigenvalue weighted by atomic mass is 10.3. The zero-order valence-corrected chi connectivity index (χ0v) is 20.0. The van der Waals surface area contributed by atoms with Crippen molar-refractivity contribution in [1.29, 1.82) is 0 Å². The number of hydrogen-bond acceptors (Lipinski definition) is 11. The SMILES string of the molecule is O=S(=O)(O)CCS(=O)(=O)c1ccc(Nc2nc(Cl)nc(Nc3ccc(S(=O)(=O)O)cc3)n2)cc1. The standard InChI is InChI=1S/C17H16ClN5O8S3/c18-15-21-16(23-17(22-15)20-12-3-7-14(8-4-12)34(29,30)31)19-11-1-5-13(6-2-11)32(24,25)9-10-33(26,27)28/h1-8H,9-10H2,(H,26,27,28)(H,29,30,31)(H2,19,20,21,22,23). The highest BCUT2D eigenvalue weighted by Gasteiger charge is 2.18. The van der Waals surface area contributed by atoms with Crippen molar-refractivity contribution in [3.8, 4) is 0 Å². The van der Waals surface area contributed by atoms with E-state index in [0.717, 1.165) is 0 Å². The molecule has 0 bridgehead atoms. The number of sulfone groups is 1. The van der Waals surface area contributed by atoms with Crippen LogP contribution < -0.4 is 10.6 Å². The molecule has 0 atom stereocenters. The minimum Gasteiger partial charge on any atom is -0.324 e. The average Bonchev–Trinajstić information content (AvgIpc) is 2.72. The molecule has 182 valence electrons. The Morgan fingerprint density at radius 3 is 1.53 bits per heavy atom. The van der Waals surface area contributed by atoms with Gasteiger partial charge in [0.05, 0.1) is 21.3 Å². The van der Waals surface area contributed by atoms with Crippen LogP contribution in [0.2, 0.25) is 5.28 Å². The molecule has 0 aliphatic heterocycles. The zero-order valence-electron chi connectivity index (χ0n) is 16.8. The van der Waals surface area contributed by atoms with Gasteiger partial charge >= 0.3 is 0 Å². The van der Waals surface area contributed by atoms with Gasteiger partial charge in [-0.2, -0.15) is 31.8 Å². The van der Waals surface area contributed by atoms with Gasteiger partial charge in [-0.05, 0) is 60.1 Å². The summed E-state index contributed by atoms with van der Waals surface area (Å²) >= 11 is 5.92. The van der Waals surface area contributed by atoms with Gasteiger partial charge in [0.1, 0.15) is 0 Å². The highest BCUT2D eigenvalue weighted by Crippen LogP contribution is 2.21. The minimum atomic E-state index is -4.42. The number of nitrogens with one attached hydrogen (secondary N) is 2. The van der Waals surface area contributed by atoms with Crippen LogP contribution in [0.4, 0.5) is 23.3 Å². The van der Waals surface area contributed by atoms with Crippen LogP contribution in [0.1, 0.15) is 0 Å². The molecule has 1 heterocycles. The lowest BCUT2D eigenvalue weighted by molar-refractivity contribution is 0.481. The molecule has 0 saturated carbocycles. The van der Waals surface area contributed by atoms with Gasteiger partial charge in [0, 0.05) is 11.4 Å². The molecular formula is C17H16ClN5O8S3. The van der Waals surface area contributed by atoms with Crippen LogP contribution in [0, 0.1) is 0 Å². The maximum atomic E-state index is 12.2. The van der Waals surface area contributed by atoms with Crippen LogP contribution in [-0.4, -0.2) is 60.8 Å². The molecule has 13 nitrogen and oxygen atoms in total. The van der Waals surface area contributed by atoms with Crippen molar-refractivity contribution in [2.75, 3.05) is 22.1 Å². The second kappa shape index (κ2) is 9.77. The molecule has 0 amide bonds. The predicted molar refractivity (Wildman–Crippen MR) is 123 cm³/mol. The molecule has 4 N–H and O–H groups in total. The molecule has 0 aliphatic carbocycles. The second-order valence-electron chi connectivity index (χ2n) is 6.63. The zero-order chi connectivity index (χ0) is 25.1. The van der Waals surface area contributed by atoms with E-state index < -0.39 is 41.6 Å². The van der Waals surface area contributed by atoms with Crippen LogP contribution in [0.3, 0.4) is 0 Å². The first-order chi connectivity index (χ1) is 15.7. The number of anilines is 4. The van der Waals surface area contributed by atoms with Gasteiger partial charge in [-0.1, -0.05) is 0 Å². The van der Waals surface area contributed by atoms with E-state index in [0.29, 0.717) is 11.4 Å². The van der Waals surface area contributed by atoms with E-state index in [1.807, 2.05) is 0 Å². The summed E-state index contributed by atoms with van der Waals surface area (Å²) in [7, 11) is -12.7. The highest BCUT2D eigenvalue weighted by molar-refractivity contribution is 7.93. The van der Waals surface area contributed by atoms with E-state index in [1.54, 1.807) is 0 Å². The van der Waals surface area contributed by atoms with Crippen molar-refractivity contribution in [3.63, 3.8) is 0 Å². The van der Waals surface area contributed by atoms with Gasteiger partial charge in [0.15, 0.2) is 9.84 Å². The normalized spacial score (nSPS) is 12.3. The number of nitrogens with zero attached hydrogens (tertiary/aromatic N) is 3. The second-order valence-corrected chi connectivity index (χ2v) is 12.1. The van der Waals surface area contributed by atoms with Crippen molar-refractivity contribution in [2.45, 2.75) is 9.79 Å². The molecule has 0 unspecified atom stereocenters. The topological polar surface area (TPSA) is 206 Å². The Hall–Kier alpha value is -2.89. The Kier molecular flexibility index (Phi) is 7.39. The van der Waals surface area contributed by atoms with E-state index >= 15 is 0 Å². The third-order valence-electron chi connectivity index (χ3n) is 4.10. The van der Waals surface area contributed by atoms with Crippen molar-refractivity contribution in [2.24, 2.45) is 0 Å². The molecule has 34 heavy (non-hydrogen) atoms. The van der Waals surface area contributed by atoms with Crippen LogP contribution in [0.5, 0.6) is 0 Å². The monoisotopic (exact) mass is 549 g/mol. The Morgan fingerprint density at radius 2 is 1.12 bits per heavy atom. The van der Waals surface area contributed by atoms with Crippen molar-refractivity contribution in [1.82, 2.24) is 15.0 Å². The fraction of sp³-hybridized carbons (Fsp3) is 0.118. The molecule has 2 aromatic carbocycles. The van der Waals surface area contributed by atoms with E-state index in [4.69, 9.17) is 20.7 Å². The van der Waals surface area contributed by atoms with E-state index in [9.17, 15) is 25.3 Å². The fourth-order valence-corrected chi connectivity index (χ4v) is 5.66. The number of hydrogen-bond donors (Lipinski definition) is 4. The number of benzene rings is 2. The van der Waals surface area contributed by atoms with Gasteiger partial charge in [-0.3, -0.25) is 9.11 Å². The molecule has 0 radical (unpaired) electrons. The molecule has 0 aliphatic rings. The largest absolute Gasteiger partial charge is 0.324 e. The Labute approximate surface area is 199 Å². The third kappa shape index (κ3) is 7.31. The summed E-state index contributed by atoms with van der Waals surface area (Å²) in [6, 6.07) is 10.3. The summed E-state index contributed by atoms with van der Waals surface area (Å²) < 4.78 is 86.0. The number of halogens is 1. The maximum absolute atomic E-state index is 12.2. The first-order valence-electron chi connectivity index (χ1n) is 9.02. The van der Waals surface area contributed by atoms with E-state index in [2.05, 4.69) is 25.6 Å². The van der Waals surface area contributed by atoms with Gasteiger partial charge in [-0.25, -0.2) is 8.42 Å². The van der Waals surface area contributed by atoms with E-state index in [-0.39, 0.29) is 27.0 Å². The summed E-state index contributed by atoms with van der Waals surface area (Å²) in [5.74, 6) is -1.69. The van der Waals surface area contributed by atoms with Crippen molar-refractivity contribution >= 4 is 64.9 Å². The predicted octanol–water partition coefficient (Wildman–Crippen LogP) is 1.92. The van der Waals surface area contributed by atoms with Gasteiger partial charge < -0.3 is 10.6 Å². The van der Waals surface area contributed by atoms with Crippen LogP contribution in [0.25, 0.3) is 0 Å². The lowest BCUT2D eigenvalue weighted by Gasteiger charge is -2.09. The fourth-order valence-electron chi connectivity index (χ4n) is 2.51. The van der Waals surface area contributed by atoms with Gasteiger partial charge in [-0.15, -0.1) is 0 Å². The quantitative estimate of drug-likeness (QED) is 0.282. The third-order valence-corrected chi connectivity index (χ3v) is 7.84. The first kappa shape index (κ1) is 25.7. The van der Waals surface area contributed by atoms with Crippen molar-refractivity contribution < 1.29 is 34.4 Å². The smallest absolute Gasteiger partial charge is 0.294 e. The molecule has 3 rings (SSSR count). The summed E-state index contributed by atoms with van der Waals surface area (Å²) in [6.07, 6.45) is 0. The number of rotatable bonds is 9. The average molecular weight is 550 g/mol. The summed E-state index contributed by atoms with van der Waals surface area (Å²) in [6.45, 7) is 0. The Balaban J connectivity index is 1.74. The summed E-state index contributed by atoms with van der Waals surface area (Å²) in [5, 5.41) is 5.42. The molecule has 3 aromatic rings. The van der Waals surface area contributed by atoms with E-state index in [1.165, 1.54) is 48.5 Å². The van der Waals surface area contributed by atoms with Crippen LogP contribution in [0.15, 0.2) is 58.3 Å². The molecular weight excluding hydrogens is 534 g/mol. The maximum Gasteiger partial charge on any atom is 0.294 e. The molecule has 0 fully saturated rings. The molecule has 0 saturated heterocycles. The van der Waals surface area contributed by atoms with Gasteiger partial charge in [0.25, 0.3) is 20.2 Å². The first-order valence-corrected chi connectivity index (χ1v) is 14.1. The molecule has 17 heteroatoms. The van der Waals surface area contributed by atoms with Gasteiger partial charge in [0.2, 0.25) is 17.2 Å². The number of aromatic nitrogens is 3. The summed E-state index contributed by atoms with van der Waals surface area (Å²) in [5.41, 5.74) is 0.763. The van der Waals surface area contributed by atoms with Crippen molar-refractivity contribution in [3.05, 3.63) is 53.8 Å². The minimum absolute atomic E-state index is 0.000892. The molecule has 0 spiro atoms. The van der Waals surface area contributed by atoms with Crippen LogP contribution in [-0.2, 0) is 30.1 Å². The van der Waals surface area contributed by atoms with Crippen LogP contribution >= 0.6 is 11.6 Å². The lowest BCUT2D eigenvalue weighted by Crippen LogP contribution is -2.16. The Bertz CT molecular complexity index is 1510. The molecule has 1 aromatic heterocycles. The Morgan fingerprint density at radius 1 is 0.676 bits per heavy atom. The highest BCUT2D eigenvalue weighted by atomic mass is 35.5.